The normalized spacial score (nSPS) is 12.5. The molecular formula is C13H17NO5S2. The summed E-state index contributed by atoms with van der Waals surface area (Å²) in [5.74, 6) is -0.108. The van der Waals surface area contributed by atoms with Gasteiger partial charge in [-0.25, -0.2) is 8.42 Å². The minimum absolute atomic E-state index is 0.0413. The summed E-state index contributed by atoms with van der Waals surface area (Å²) in [5.41, 5.74) is 0. The van der Waals surface area contributed by atoms with E-state index in [1.165, 1.54) is 43.9 Å². The summed E-state index contributed by atoms with van der Waals surface area (Å²) in [7, 11) is -1.14. The molecule has 0 aromatic heterocycles. The molecule has 1 unspecified atom stereocenters. The number of rotatable bonds is 8. The summed E-state index contributed by atoms with van der Waals surface area (Å²) in [4.78, 5) is 11.7. The van der Waals surface area contributed by atoms with Crippen molar-refractivity contribution in [1.29, 1.82) is 0 Å². The summed E-state index contributed by atoms with van der Waals surface area (Å²) in [6, 6.07) is 4.88. The minimum atomic E-state index is -3.82. The number of nitrogens with one attached hydrogen (secondary N) is 1. The lowest BCUT2D eigenvalue weighted by Crippen LogP contribution is -2.41. The molecule has 0 saturated heterocycles. The number of methoxy groups -OCH3 is 2. The van der Waals surface area contributed by atoms with Gasteiger partial charge in [0.1, 0.15) is 11.8 Å². The molecule has 0 aliphatic heterocycles. The Kier molecular flexibility index (Phi) is 6.73. The predicted octanol–water partition coefficient (Wildman–Crippen LogP) is 1.29. The number of hydrogen-bond acceptors (Lipinski definition) is 6. The van der Waals surface area contributed by atoms with Gasteiger partial charge in [0.25, 0.3) is 0 Å². The predicted molar refractivity (Wildman–Crippen MR) is 82.0 cm³/mol. The van der Waals surface area contributed by atoms with E-state index in [0.717, 1.165) is 0 Å². The van der Waals surface area contributed by atoms with Crippen LogP contribution in [0.3, 0.4) is 0 Å². The zero-order chi connectivity index (χ0) is 15.9. The molecule has 0 saturated carbocycles. The van der Waals surface area contributed by atoms with E-state index in [0.29, 0.717) is 12.2 Å². The number of ether oxygens (including phenoxy) is 2. The van der Waals surface area contributed by atoms with Gasteiger partial charge in [0.2, 0.25) is 10.0 Å². The van der Waals surface area contributed by atoms with Crippen molar-refractivity contribution < 1.29 is 22.7 Å². The van der Waals surface area contributed by atoms with Crippen LogP contribution in [0.5, 0.6) is 5.75 Å². The minimum Gasteiger partial charge on any atom is -0.497 e. The maximum atomic E-state index is 12.2. The third-order valence-electron chi connectivity index (χ3n) is 2.73. The molecule has 8 heteroatoms. The van der Waals surface area contributed by atoms with E-state index in [1.807, 2.05) is 0 Å². The summed E-state index contributed by atoms with van der Waals surface area (Å²) >= 11 is 4.69. The van der Waals surface area contributed by atoms with Crippen LogP contribution in [0.25, 0.3) is 0 Å². The Morgan fingerprint density at radius 1 is 1.33 bits per heavy atom. The maximum absolute atomic E-state index is 12.2. The average molecular weight is 331 g/mol. The number of benzene rings is 1. The van der Waals surface area contributed by atoms with Crippen molar-refractivity contribution in [3.63, 3.8) is 0 Å². The van der Waals surface area contributed by atoms with Crippen LogP contribution in [0, 0.1) is 0 Å². The molecule has 21 heavy (non-hydrogen) atoms. The van der Waals surface area contributed by atoms with E-state index in [1.54, 1.807) is 0 Å². The van der Waals surface area contributed by atoms with Gasteiger partial charge in [0.05, 0.1) is 19.1 Å². The van der Waals surface area contributed by atoms with E-state index < -0.39 is 22.0 Å². The molecule has 0 aliphatic carbocycles. The van der Waals surface area contributed by atoms with Crippen molar-refractivity contribution in [1.82, 2.24) is 4.72 Å². The van der Waals surface area contributed by atoms with Crippen LogP contribution >= 0.6 is 12.2 Å². The molecule has 0 bridgehead atoms. The SMILES string of the molecule is COC(=O)C(CCC=S)NS(=O)(=O)c1ccc(OC)cc1. The fourth-order valence-electron chi connectivity index (χ4n) is 1.61. The smallest absolute Gasteiger partial charge is 0.323 e. The molecule has 1 atom stereocenters. The fraction of sp³-hybridized carbons (Fsp3) is 0.385. The Hall–Kier alpha value is -1.51. The molecular weight excluding hydrogens is 314 g/mol. The molecule has 0 aliphatic rings. The second kappa shape index (κ2) is 8.06. The van der Waals surface area contributed by atoms with Gasteiger partial charge in [0, 0.05) is 0 Å². The molecule has 0 spiro atoms. The first-order chi connectivity index (χ1) is 9.94. The lowest BCUT2D eigenvalue weighted by Gasteiger charge is -2.16. The first kappa shape index (κ1) is 17.5. The molecule has 0 amide bonds. The van der Waals surface area contributed by atoms with Crippen molar-refractivity contribution in [2.45, 2.75) is 23.8 Å². The van der Waals surface area contributed by atoms with Crippen molar-refractivity contribution in [3.8, 4) is 5.75 Å². The van der Waals surface area contributed by atoms with Gasteiger partial charge in [-0.05, 0) is 42.5 Å². The van der Waals surface area contributed by atoms with Crippen LogP contribution in [0.4, 0.5) is 0 Å². The van der Waals surface area contributed by atoms with Crippen LogP contribution in [-0.2, 0) is 19.6 Å². The van der Waals surface area contributed by atoms with Crippen LogP contribution in [-0.4, -0.2) is 40.0 Å². The standard InChI is InChI=1S/C13H17NO5S2/c1-18-10-5-7-11(8-6-10)21(16,17)14-12(4-3-9-20)13(15)19-2/h5-9,12,14H,3-4H2,1-2H3. The van der Waals surface area contributed by atoms with Crippen LogP contribution in [0.15, 0.2) is 29.2 Å². The monoisotopic (exact) mass is 331 g/mol. The fourth-order valence-corrected chi connectivity index (χ4v) is 2.97. The average Bonchev–Trinajstić information content (AvgIpc) is 2.50. The summed E-state index contributed by atoms with van der Waals surface area (Å²) in [6.45, 7) is 0. The van der Waals surface area contributed by atoms with E-state index in [9.17, 15) is 13.2 Å². The Labute approximate surface area is 129 Å². The van der Waals surface area contributed by atoms with Crippen LogP contribution < -0.4 is 9.46 Å². The number of sulfonamides is 1. The molecule has 0 radical (unpaired) electrons. The maximum Gasteiger partial charge on any atom is 0.323 e. The highest BCUT2D eigenvalue weighted by Crippen LogP contribution is 2.16. The summed E-state index contributed by atoms with van der Waals surface area (Å²) in [5, 5.41) is 1.44. The van der Waals surface area contributed by atoms with E-state index in [2.05, 4.69) is 21.7 Å². The lowest BCUT2D eigenvalue weighted by molar-refractivity contribution is -0.142. The lowest BCUT2D eigenvalue weighted by atomic mass is 10.2. The Morgan fingerprint density at radius 2 is 1.95 bits per heavy atom. The Balaban J connectivity index is 2.93. The molecule has 116 valence electrons. The van der Waals surface area contributed by atoms with Gasteiger partial charge >= 0.3 is 5.97 Å². The van der Waals surface area contributed by atoms with E-state index in [4.69, 9.17) is 4.74 Å². The third-order valence-corrected chi connectivity index (χ3v) is 4.45. The van der Waals surface area contributed by atoms with Gasteiger partial charge < -0.3 is 9.47 Å². The van der Waals surface area contributed by atoms with Crippen molar-refractivity contribution in [2.24, 2.45) is 0 Å². The number of thiocarbonyl (C=S) groups is 1. The number of esters is 1. The van der Waals surface area contributed by atoms with Gasteiger partial charge in [-0.3, -0.25) is 4.79 Å². The zero-order valence-electron chi connectivity index (χ0n) is 11.7. The van der Waals surface area contributed by atoms with Crippen molar-refractivity contribution in [2.75, 3.05) is 14.2 Å². The van der Waals surface area contributed by atoms with Gasteiger partial charge in [-0.15, -0.1) is 0 Å². The van der Waals surface area contributed by atoms with Crippen LogP contribution in [0.1, 0.15) is 12.8 Å². The number of hydrogen-bond donors (Lipinski definition) is 1. The zero-order valence-corrected chi connectivity index (χ0v) is 13.4. The number of carbonyl (C=O) groups excluding carboxylic acids is 1. The van der Waals surface area contributed by atoms with E-state index in [-0.39, 0.29) is 11.3 Å². The summed E-state index contributed by atoms with van der Waals surface area (Å²) in [6.07, 6.45) is 0.659. The highest BCUT2D eigenvalue weighted by atomic mass is 32.2. The van der Waals surface area contributed by atoms with Crippen molar-refractivity contribution in [3.05, 3.63) is 24.3 Å². The number of carbonyl (C=O) groups is 1. The van der Waals surface area contributed by atoms with Crippen molar-refractivity contribution >= 4 is 33.6 Å². The van der Waals surface area contributed by atoms with Crippen LogP contribution in [0.2, 0.25) is 0 Å². The molecule has 1 rings (SSSR count). The summed E-state index contributed by atoms with van der Waals surface area (Å²) < 4.78 is 36.3. The highest BCUT2D eigenvalue weighted by molar-refractivity contribution is 7.89. The second-order valence-electron chi connectivity index (χ2n) is 4.12. The largest absolute Gasteiger partial charge is 0.497 e. The first-order valence-corrected chi connectivity index (χ1v) is 8.08. The Morgan fingerprint density at radius 3 is 2.43 bits per heavy atom. The molecule has 1 aromatic rings. The molecule has 6 nitrogen and oxygen atoms in total. The Bertz CT molecular complexity index is 583. The quantitative estimate of drug-likeness (QED) is 0.571. The van der Waals surface area contributed by atoms with Gasteiger partial charge in [-0.2, -0.15) is 4.72 Å². The van der Waals surface area contributed by atoms with Gasteiger partial charge in [-0.1, -0.05) is 12.2 Å². The molecule has 0 heterocycles. The first-order valence-electron chi connectivity index (χ1n) is 6.12. The van der Waals surface area contributed by atoms with Gasteiger partial charge in [0.15, 0.2) is 0 Å². The molecule has 0 fully saturated rings. The highest BCUT2D eigenvalue weighted by Gasteiger charge is 2.25. The van der Waals surface area contributed by atoms with E-state index >= 15 is 0 Å². The third kappa shape index (κ3) is 5.07. The topological polar surface area (TPSA) is 81.7 Å². The molecule has 1 aromatic carbocycles. The molecule has 1 N–H and O–H groups in total. The second-order valence-corrected chi connectivity index (χ2v) is 6.16.